The molecule has 0 spiro atoms. The molecule has 0 unspecified atom stereocenters. The molecule has 0 aliphatic carbocycles. The van der Waals surface area contributed by atoms with Crippen molar-refractivity contribution in [3.63, 3.8) is 0 Å². The second-order valence-electron chi connectivity index (χ2n) is 11.0. The van der Waals surface area contributed by atoms with Crippen molar-refractivity contribution in [3.8, 4) is 0 Å². The molecule has 0 saturated carbocycles. The maximum atomic E-state index is 13.8. The van der Waals surface area contributed by atoms with E-state index in [1.54, 1.807) is 15.9 Å². The Balaban J connectivity index is 1.82. The Morgan fingerprint density at radius 3 is 2.36 bits per heavy atom. The molecule has 0 radical (unpaired) electrons. The van der Waals surface area contributed by atoms with Crippen LogP contribution >= 0.6 is 0 Å². The van der Waals surface area contributed by atoms with Gasteiger partial charge in [0.2, 0.25) is 11.8 Å². The van der Waals surface area contributed by atoms with Crippen LogP contribution in [0.2, 0.25) is 0 Å². The van der Waals surface area contributed by atoms with Crippen molar-refractivity contribution < 1.29 is 14.0 Å². The average Bonchev–Trinajstić information content (AvgIpc) is 2.92. The second kappa shape index (κ2) is 15.2. The van der Waals surface area contributed by atoms with E-state index in [0.717, 1.165) is 43.2 Å². The van der Waals surface area contributed by atoms with E-state index in [2.05, 4.69) is 20.8 Å². The van der Waals surface area contributed by atoms with Crippen LogP contribution in [-0.2, 0) is 22.7 Å². The van der Waals surface area contributed by atoms with Crippen LogP contribution in [0.4, 0.5) is 0 Å². The molecule has 0 bridgehead atoms. The van der Waals surface area contributed by atoms with Gasteiger partial charge in [0.15, 0.2) is 5.43 Å². The molecule has 0 fully saturated rings. The molecule has 6 heteroatoms. The number of rotatable bonds is 15. The maximum Gasteiger partial charge on any atom is 0.242 e. The van der Waals surface area contributed by atoms with Gasteiger partial charge in [-0.05, 0) is 43.4 Å². The molecule has 1 heterocycles. The number of unbranched alkanes of at least 4 members (excludes halogenated alkanes) is 4. The molecule has 2 amide bonds. The van der Waals surface area contributed by atoms with Crippen LogP contribution in [0.3, 0.4) is 0 Å². The Bertz CT molecular complexity index is 1270. The fraction of sp³-hybridized carbons (Fsp3) is 0.485. The first-order chi connectivity index (χ1) is 18.8. The number of nitrogens with zero attached hydrogens (tertiary/aromatic N) is 2. The summed E-state index contributed by atoms with van der Waals surface area (Å²) in [5.74, 6) is 0.276. The molecule has 0 aliphatic heterocycles. The van der Waals surface area contributed by atoms with Gasteiger partial charge in [-0.2, -0.15) is 0 Å². The first-order valence-electron chi connectivity index (χ1n) is 14.4. The SMILES string of the molecule is CCCCCCCC(=O)N(CCC(C)C)CC(=O)N(Cc1ccccc1)Cc1coc2ccc(C)cc2c1=O. The summed E-state index contributed by atoms with van der Waals surface area (Å²) < 4.78 is 5.76. The van der Waals surface area contributed by atoms with E-state index in [1.165, 1.54) is 12.7 Å². The fourth-order valence-electron chi connectivity index (χ4n) is 4.64. The van der Waals surface area contributed by atoms with Gasteiger partial charge in [-0.1, -0.05) is 88.4 Å². The molecule has 3 aromatic rings. The van der Waals surface area contributed by atoms with E-state index in [1.807, 2.05) is 49.4 Å². The van der Waals surface area contributed by atoms with Gasteiger partial charge in [0.05, 0.1) is 30.3 Å². The second-order valence-corrected chi connectivity index (χ2v) is 11.0. The van der Waals surface area contributed by atoms with Crippen molar-refractivity contribution in [2.45, 2.75) is 85.7 Å². The predicted molar refractivity (Wildman–Crippen MR) is 157 cm³/mol. The number of amides is 2. The summed E-state index contributed by atoms with van der Waals surface area (Å²) in [6, 6.07) is 15.2. The van der Waals surface area contributed by atoms with Gasteiger partial charge in [-0.3, -0.25) is 14.4 Å². The van der Waals surface area contributed by atoms with Crippen molar-refractivity contribution in [2.24, 2.45) is 5.92 Å². The number of hydrogen-bond acceptors (Lipinski definition) is 4. The first kappa shape index (κ1) is 30.1. The van der Waals surface area contributed by atoms with Crippen LogP contribution in [0.15, 0.2) is 64.0 Å². The quantitative estimate of drug-likeness (QED) is 0.200. The molecule has 0 saturated heterocycles. The van der Waals surface area contributed by atoms with Crippen molar-refractivity contribution in [1.29, 1.82) is 0 Å². The maximum absolute atomic E-state index is 13.8. The minimum Gasteiger partial charge on any atom is -0.464 e. The van der Waals surface area contributed by atoms with Crippen LogP contribution in [0.5, 0.6) is 0 Å². The average molecular weight is 533 g/mol. The van der Waals surface area contributed by atoms with Crippen LogP contribution in [0, 0.1) is 12.8 Å². The molecule has 0 atom stereocenters. The number of fused-ring (bicyclic) bond motifs is 1. The number of hydrogen-bond donors (Lipinski definition) is 0. The summed E-state index contributed by atoms with van der Waals surface area (Å²) in [5, 5.41) is 0.511. The highest BCUT2D eigenvalue weighted by molar-refractivity contribution is 5.85. The minimum atomic E-state index is -0.175. The third-order valence-electron chi connectivity index (χ3n) is 7.08. The highest BCUT2D eigenvalue weighted by atomic mass is 16.3. The van der Waals surface area contributed by atoms with Gasteiger partial charge < -0.3 is 14.2 Å². The standard InChI is InChI=1S/C33H44N2O4/c1-5-6-7-8-12-15-31(36)34(19-18-25(2)3)23-32(37)35(21-27-13-10-9-11-14-27)22-28-24-39-30-17-16-26(4)20-29(30)33(28)38/h9-11,13-14,16-17,20,24-25H,5-8,12,15,18-19,21-23H2,1-4H3. The highest BCUT2D eigenvalue weighted by Gasteiger charge is 2.23. The lowest BCUT2D eigenvalue weighted by atomic mass is 10.1. The van der Waals surface area contributed by atoms with Crippen molar-refractivity contribution in [1.82, 2.24) is 9.80 Å². The number of carbonyl (C=O) groups excluding carboxylic acids is 2. The fourth-order valence-corrected chi connectivity index (χ4v) is 4.64. The molecule has 2 aromatic carbocycles. The van der Waals surface area contributed by atoms with Gasteiger partial charge in [0.1, 0.15) is 5.58 Å². The van der Waals surface area contributed by atoms with Gasteiger partial charge in [0.25, 0.3) is 0 Å². The van der Waals surface area contributed by atoms with Gasteiger partial charge >= 0.3 is 0 Å². The summed E-state index contributed by atoms with van der Waals surface area (Å²) in [7, 11) is 0. The molecule has 210 valence electrons. The molecule has 0 N–H and O–H groups in total. The monoisotopic (exact) mass is 532 g/mol. The van der Waals surface area contributed by atoms with Crippen LogP contribution in [0.1, 0.15) is 82.4 Å². The third kappa shape index (κ3) is 9.38. The Morgan fingerprint density at radius 1 is 0.897 bits per heavy atom. The van der Waals surface area contributed by atoms with Gasteiger partial charge in [-0.15, -0.1) is 0 Å². The van der Waals surface area contributed by atoms with E-state index < -0.39 is 0 Å². The Morgan fingerprint density at radius 2 is 1.64 bits per heavy atom. The van der Waals surface area contributed by atoms with E-state index in [-0.39, 0.29) is 30.3 Å². The Labute approximate surface area is 233 Å². The summed E-state index contributed by atoms with van der Waals surface area (Å²) in [5.41, 5.74) is 2.75. The van der Waals surface area contributed by atoms with E-state index in [4.69, 9.17) is 4.42 Å². The van der Waals surface area contributed by atoms with Crippen LogP contribution < -0.4 is 5.43 Å². The number of benzene rings is 2. The zero-order valence-electron chi connectivity index (χ0n) is 24.1. The summed E-state index contributed by atoms with van der Waals surface area (Å²) >= 11 is 0. The Kier molecular flexibility index (Phi) is 11.8. The topological polar surface area (TPSA) is 70.8 Å². The molecule has 0 aliphatic rings. The number of aryl methyl sites for hydroxylation is 1. The smallest absolute Gasteiger partial charge is 0.242 e. The van der Waals surface area contributed by atoms with Crippen LogP contribution in [0.25, 0.3) is 11.0 Å². The third-order valence-corrected chi connectivity index (χ3v) is 7.08. The lowest BCUT2D eigenvalue weighted by Crippen LogP contribution is -2.43. The van der Waals surface area contributed by atoms with Crippen molar-refractivity contribution >= 4 is 22.8 Å². The van der Waals surface area contributed by atoms with Crippen molar-refractivity contribution in [2.75, 3.05) is 13.1 Å². The van der Waals surface area contributed by atoms with Crippen molar-refractivity contribution in [3.05, 3.63) is 81.7 Å². The molecule has 1 aromatic heterocycles. The molecule has 39 heavy (non-hydrogen) atoms. The van der Waals surface area contributed by atoms with Gasteiger partial charge in [0, 0.05) is 19.5 Å². The normalized spacial score (nSPS) is 11.2. The zero-order chi connectivity index (χ0) is 28.2. The van der Waals surface area contributed by atoms with E-state index in [9.17, 15) is 14.4 Å². The van der Waals surface area contributed by atoms with E-state index >= 15 is 0 Å². The predicted octanol–water partition coefficient (Wildman–Crippen LogP) is 6.87. The van der Waals surface area contributed by atoms with Gasteiger partial charge in [-0.25, -0.2) is 0 Å². The zero-order valence-corrected chi connectivity index (χ0v) is 24.1. The number of carbonyl (C=O) groups is 2. The molecular weight excluding hydrogens is 488 g/mol. The highest BCUT2D eigenvalue weighted by Crippen LogP contribution is 2.17. The summed E-state index contributed by atoms with van der Waals surface area (Å²) in [6.45, 7) is 9.36. The summed E-state index contributed by atoms with van der Waals surface area (Å²) in [4.78, 5) is 43.7. The van der Waals surface area contributed by atoms with Crippen LogP contribution in [-0.4, -0.2) is 34.7 Å². The minimum absolute atomic E-state index is 0.00533. The van der Waals surface area contributed by atoms with E-state index in [0.29, 0.717) is 42.0 Å². The molecular formula is C33H44N2O4. The lowest BCUT2D eigenvalue weighted by Gasteiger charge is -2.28. The summed E-state index contributed by atoms with van der Waals surface area (Å²) in [6.07, 6.45) is 8.11. The molecule has 3 rings (SSSR count). The first-order valence-corrected chi connectivity index (χ1v) is 14.4. The largest absolute Gasteiger partial charge is 0.464 e. The molecule has 6 nitrogen and oxygen atoms in total. The lowest BCUT2D eigenvalue weighted by molar-refractivity contribution is -0.141. The Hall–Kier alpha value is -3.41.